The average Bonchev–Trinajstić information content (AvgIpc) is 3.21. The molecule has 1 unspecified atom stereocenters. The van der Waals surface area contributed by atoms with Gasteiger partial charge < -0.3 is 9.47 Å². The minimum absolute atomic E-state index is 0.0996. The molecule has 146 valence electrons. The number of fused-ring (bicyclic) bond motifs is 1. The molecule has 1 aliphatic heterocycles. The largest absolute Gasteiger partial charge is 0.454 e. The van der Waals surface area contributed by atoms with E-state index in [1.165, 1.54) is 19.3 Å². The van der Waals surface area contributed by atoms with Gasteiger partial charge in [-0.3, -0.25) is 9.69 Å². The summed E-state index contributed by atoms with van der Waals surface area (Å²) in [5, 5.41) is 0. The quantitative estimate of drug-likeness (QED) is 0.748. The van der Waals surface area contributed by atoms with E-state index in [9.17, 15) is 4.79 Å². The number of nitrogens with zero attached hydrogens (tertiary/aromatic N) is 2. The second kappa shape index (κ2) is 8.46. The molecule has 1 fully saturated rings. The molecule has 4 rings (SSSR count). The summed E-state index contributed by atoms with van der Waals surface area (Å²) in [6.45, 7) is 2.21. The van der Waals surface area contributed by atoms with E-state index in [1.807, 2.05) is 60.4 Å². The summed E-state index contributed by atoms with van der Waals surface area (Å²) in [5.74, 6) is 2.12. The summed E-state index contributed by atoms with van der Waals surface area (Å²) in [6, 6.07) is 11.8. The van der Waals surface area contributed by atoms with Crippen LogP contribution in [0.3, 0.4) is 0 Å². The number of aromatic nitrogens is 1. The van der Waals surface area contributed by atoms with Crippen LogP contribution in [0.15, 0.2) is 48.7 Å². The number of rotatable bonds is 5. The van der Waals surface area contributed by atoms with Crippen molar-refractivity contribution < 1.29 is 14.3 Å². The summed E-state index contributed by atoms with van der Waals surface area (Å²) in [5.41, 5.74) is 0.992. The number of hydrogen-bond donors (Lipinski definition) is 0. The van der Waals surface area contributed by atoms with E-state index in [-0.39, 0.29) is 24.7 Å². The van der Waals surface area contributed by atoms with Gasteiger partial charge in [0.15, 0.2) is 11.5 Å². The van der Waals surface area contributed by atoms with Crippen LogP contribution in [-0.2, 0) is 4.79 Å². The Kier molecular flexibility index (Phi) is 5.60. The molecule has 2 aliphatic rings. The van der Waals surface area contributed by atoms with Crippen LogP contribution in [0, 0.1) is 5.92 Å². The van der Waals surface area contributed by atoms with Gasteiger partial charge in [0.05, 0.1) is 5.92 Å². The molecule has 1 aromatic carbocycles. The number of pyridine rings is 1. The van der Waals surface area contributed by atoms with Crippen molar-refractivity contribution in [1.82, 2.24) is 4.98 Å². The van der Waals surface area contributed by atoms with Crippen LogP contribution < -0.4 is 14.4 Å². The first-order valence-electron chi connectivity index (χ1n) is 10.0. The second-order valence-electron chi connectivity index (χ2n) is 7.45. The molecular formula is C23H26N2O3. The normalized spacial score (nSPS) is 17.6. The number of anilines is 1. The van der Waals surface area contributed by atoms with Gasteiger partial charge >= 0.3 is 0 Å². The highest BCUT2D eigenvalue weighted by atomic mass is 16.7. The van der Waals surface area contributed by atoms with E-state index in [0.717, 1.165) is 35.7 Å². The number of benzene rings is 1. The molecule has 2 heterocycles. The van der Waals surface area contributed by atoms with Gasteiger partial charge in [-0.2, -0.15) is 0 Å². The van der Waals surface area contributed by atoms with Gasteiger partial charge in [0.1, 0.15) is 5.82 Å². The Morgan fingerprint density at radius 2 is 1.96 bits per heavy atom. The smallest absolute Gasteiger partial charge is 0.235 e. The highest BCUT2D eigenvalue weighted by Gasteiger charge is 2.29. The maximum atomic E-state index is 13.3. The first-order valence-corrected chi connectivity index (χ1v) is 10.0. The predicted octanol–water partition coefficient (Wildman–Crippen LogP) is 4.83. The summed E-state index contributed by atoms with van der Waals surface area (Å²) in [7, 11) is 0. The fourth-order valence-corrected chi connectivity index (χ4v) is 3.89. The molecule has 28 heavy (non-hydrogen) atoms. The minimum atomic E-state index is -0.241. The molecule has 5 nitrogen and oxygen atoms in total. The zero-order chi connectivity index (χ0) is 19.3. The third-order valence-electron chi connectivity index (χ3n) is 5.44. The standard InChI is InChI=1S/C23H26N2O3/c1-17(10-11-18-12-13-20-21(15-18)28-16-27-20)23(26)25(19-7-3-2-4-8-19)22-9-5-6-14-24-22/h5-6,9-15,17,19H,2-4,7-8,16H2,1H3. The SMILES string of the molecule is CC(C=Cc1ccc2c(c1)OCO2)C(=O)N(c1ccccn1)C1CCCCC1. The lowest BCUT2D eigenvalue weighted by Gasteiger charge is -2.34. The number of amides is 1. The topological polar surface area (TPSA) is 51.7 Å². The Hall–Kier alpha value is -2.82. The zero-order valence-electron chi connectivity index (χ0n) is 16.2. The Bertz CT molecular complexity index is 844. The lowest BCUT2D eigenvalue weighted by atomic mass is 9.93. The van der Waals surface area contributed by atoms with Crippen LogP contribution in [0.1, 0.15) is 44.6 Å². The van der Waals surface area contributed by atoms with Crippen molar-refractivity contribution in [1.29, 1.82) is 0 Å². The van der Waals surface area contributed by atoms with Gasteiger partial charge in [0.2, 0.25) is 12.7 Å². The molecule has 0 spiro atoms. The van der Waals surface area contributed by atoms with Crippen molar-refractivity contribution in [2.24, 2.45) is 5.92 Å². The van der Waals surface area contributed by atoms with Crippen LogP contribution in [0.5, 0.6) is 11.5 Å². The van der Waals surface area contributed by atoms with E-state index >= 15 is 0 Å². The Labute approximate surface area is 166 Å². The minimum Gasteiger partial charge on any atom is -0.454 e. The Morgan fingerprint density at radius 1 is 1.14 bits per heavy atom. The number of hydrogen-bond acceptors (Lipinski definition) is 4. The zero-order valence-corrected chi connectivity index (χ0v) is 16.2. The number of carbonyl (C=O) groups excluding carboxylic acids is 1. The molecule has 5 heteroatoms. The van der Waals surface area contributed by atoms with E-state index < -0.39 is 0 Å². The molecule has 1 amide bonds. The van der Waals surface area contributed by atoms with Crippen LogP contribution in [0.2, 0.25) is 0 Å². The van der Waals surface area contributed by atoms with Crippen molar-refractivity contribution in [2.75, 3.05) is 11.7 Å². The van der Waals surface area contributed by atoms with Crippen LogP contribution in [-0.4, -0.2) is 23.7 Å². The highest BCUT2D eigenvalue weighted by molar-refractivity contribution is 5.96. The third-order valence-corrected chi connectivity index (χ3v) is 5.44. The molecule has 1 saturated carbocycles. The first kappa shape index (κ1) is 18.5. The van der Waals surface area contributed by atoms with Crippen molar-refractivity contribution in [3.63, 3.8) is 0 Å². The second-order valence-corrected chi connectivity index (χ2v) is 7.45. The Morgan fingerprint density at radius 3 is 2.75 bits per heavy atom. The van der Waals surface area contributed by atoms with Crippen LogP contribution in [0.25, 0.3) is 6.08 Å². The molecule has 0 saturated heterocycles. The van der Waals surface area contributed by atoms with Gasteiger partial charge in [0, 0.05) is 12.2 Å². The van der Waals surface area contributed by atoms with Crippen molar-refractivity contribution in [3.05, 3.63) is 54.2 Å². The van der Waals surface area contributed by atoms with Crippen molar-refractivity contribution in [3.8, 4) is 11.5 Å². The third kappa shape index (κ3) is 4.03. The van der Waals surface area contributed by atoms with E-state index in [2.05, 4.69) is 4.98 Å². The van der Waals surface area contributed by atoms with Crippen LogP contribution >= 0.6 is 0 Å². The van der Waals surface area contributed by atoms with Gasteiger partial charge in [-0.05, 0) is 42.7 Å². The molecule has 1 aromatic heterocycles. The number of carbonyl (C=O) groups is 1. The fourth-order valence-electron chi connectivity index (χ4n) is 3.89. The molecule has 0 bridgehead atoms. The van der Waals surface area contributed by atoms with Gasteiger partial charge in [-0.25, -0.2) is 4.98 Å². The maximum absolute atomic E-state index is 13.3. The molecular weight excluding hydrogens is 352 g/mol. The lowest BCUT2D eigenvalue weighted by Crippen LogP contribution is -2.44. The first-order chi connectivity index (χ1) is 13.7. The average molecular weight is 378 g/mol. The number of ether oxygens (including phenoxy) is 2. The van der Waals surface area contributed by atoms with Crippen LogP contribution in [0.4, 0.5) is 5.82 Å². The summed E-state index contributed by atoms with van der Waals surface area (Å²) in [4.78, 5) is 19.7. The van der Waals surface area contributed by atoms with Crippen molar-refractivity contribution in [2.45, 2.75) is 45.1 Å². The summed E-state index contributed by atoms with van der Waals surface area (Å²) in [6.07, 6.45) is 11.4. The molecule has 1 atom stereocenters. The van der Waals surface area contributed by atoms with E-state index in [4.69, 9.17) is 9.47 Å². The molecule has 2 aromatic rings. The monoisotopic (exact) mass is 378 g/mol. The summed E-state index contributed by atoms with van der Waals surface area (Å²) >= 11 is 0. The highest BCUT2D eigenvalue weighted by Crippen LogP contribution is 2.33. The maximum Gasteiger partial charge on any atom is 0.235 e. The van der Waals surface area contributed by atoms with Crippen molar-refractivity contribution >= 4 is 17.8 Å². The van der Waals surface area contributed by atoms with E-state index in [1.54, 1.807) is 6.20 Å². The van der Waals surface area contributed by atoms with Gasteiger partial charge in [-0.1, -0.05) is 50.5 Å². The fraction of sp³-hybridized carbons (Fsp3) is 0.391. The lowest BCUT2D eigenvalue weighted by molar-refractivity contribution is -0.121. The van der Waals surface area contributed by atoms with Gasteiger partial charge in [-0.15, -0.1) is 0 Å². The van der Waals surface area contributed by atoms with E-state index in [0.29, 0.717) is 0 Å². The summed E-state index contributed by atoms with van der Waals surface area (Å²) < 4.78 is 10.8. The molecule has 0 radical (unpaired) electrons. The predicted molar refractivity (Wildman–Crippen MR) is 109 cm³/mol. The molecule has 1 aliphatic carbocycles. The molecule has 0 N–H and O–H groups in total. The van der Waals surface area contributed by atoms with Gasteiger partial charge in [0.25, 0.3) is 0 Å². The Balaban J connectivity index is 1.52.